The van der Waals surface area contributed by atoms with Gasteiger partial charge in [-0.25, -0.2) is 0 Å². The van der Waals surface area contributed by atoms with Crippen LogP contribution in [-0.2, 0) is 26.3 Å². The maximum atomic E-state index is 12.9. The summed E-state index contributed by atoms with van der Waals surface area (Å²) in [6, 6.07) is 6.24. The molecule has 7 heteroatoms. The number of ether oxygens (including phenoxy) is 3. The molecule has 1 aromatic carbocycles. The molecule has 0 aromatic heterocycles. The summed E-state index contributed by atoms with van der Waals surface area (Å²) in [6.45, 7) is 4.87. The van der Waals surface area contributed by atoms with E-state index in [0.29, 0.717) is 32.8 Å². The van der Waals surface area contributed by atoms with Crippen LogP contribution < -0.4 is 10.1 Å². The number of hydrogen-bond acceptors (Lipinski definition) is 5. The van der Waals surface area contributed by atoms with Crippen LogP contribution in [-0.4, -0.2) is 63.9 Å². The number of rotatable bonds is 2. The Bertz CT molecular complexity index is 639. The Morgan fingerprint density at radius 1 is 1.30 bits per heavy atom. The van der Waals surface area contributed by atoms with Crippen LogP contribution in [0.1, 0.15) is 24.0 Å². The first-order chi connectivity index (χ1) is 12.7. The molecule has 0 radical (unpaired) electrons. The molecule has 4 rings (SSSR count). The van der Waals surface area contributed by atoms with Crippen LogP contribution >= 0.6 is 12.4 Å². The van der Waals surface area contributed by atoms with Gasteiger partial charge >= 0.3 is 0 Å². The van der Waals surface area contributed by atoms with Crippen LogP contribution in [0.4, 0.5) is 0 Å². The third-order valence-electron chi connectivity index (χ3n) is 5.90. The molecule has 27 heavy (non-hydrogen) atoms. The molecular formula is C20H29ClN2O4. The SMILES string of the molecule is COc1cccc2c1C1(CCN(C(=O)C3CNCCOC3)CC1)OCC2.Cl. The Labute approximate surface area is 166 Å². The molecule has 0 aliphatic carbocycles. The maximum Gasteiger partial charge on any atom is 0.229 e. The average molecular weight is 397 g/mol. The number of benzene rings is 1. The van der Waals surface area contributed by atoms with Gasteiger partial charge in [0, 0.05) is 31.7 Å². The monoisotopic (exact) mass is 396 g/mol. The number of piperidine rings is 1. The lowest BCUT2D eigenvalue weighted by molar-refractivity contribution is -0.146. The van der Waals surface area contributed by atoms with Gasteiger partial charge in [0.25, 0.3) is 0 Å². The molecule has 0 saturated carbocycles. The zero-order chi connectivity index (χ0) is 18.0. The summed E-state index contributed by atoms with van der Waals surface area (Å²) >= 11 is 0. The van der Waals surface area contributed by atoms with Crippen molar-refractivity contribution < 1.29 is 19.0 Å². The smallest absolute Gasteiger partial charge is 0.229 e. The molecular weight excluding hydrogens is 368 g/mol. The fourth-order valence-electron chi connectivity index (χ4n) is 4.51. The first-order valence-electron chi connectivity index (χ1n) is 9.61. The highest BCUT2D eigenvalue weighted by Gasteiger charge is 2.44. The Kier molecular flexibility index (Phi) is 6.63. The number of methoxy groups -OCH3 is 1. The van der Waals surface area contributed by atoms with Gasteiger partial charge in [-0.05, 0) is 30.9 Å². The molecule has 1 atom stereocenters. The van der Waals surface area contributed by atoms with E-state index < -0.39 is 0 Å². The van der Waals surface area contributed by atoms with Gasteiger partial charge in [-0.15, -0.1) is 12.4 Å². The van der Waals surface area contributed by atoms with Gasteiger partial charge < -0.3 is 24.4 Å². The minimum Gasteiger partial charge on any atom is -0.496 e. The zero-order valence-corrected chi connectivity index (χ0v) is 16.7. The second-order valence-electron chi connectivity index (χ2n) is 7.39. The van der Waals surface area contributed by atoms with Crippen molar-refractivity contribution in [3.05, 3.63) is 29.3 Å². The molecule has 1 aromatic rings. The molecule has 1 amide bonds. The molecule has 1 unspecified atom stereocenters. The van der Waals surface area contributed by atoms with Gasteiger partial charge in [-0.1, -0.05) is 12.1 Å². The van der Waals surface area contributed by atoms with Crippen molar-refractivity contribution in [3.63, 3.8) is 0 Å². The van der Waals surface area contributed by atoms with E-state index in [-0.39, 0.29) is 29.8 Å². The van der Waals surface area contributed by atoms with E-state index in [4.69, 9.17) is 14.2 Å². The van der Waals surface area contributed by atoms with Gasteiger partial charge in [0.2, 0.25) is 5.91 Å². The first-order valence-corrected chi connectivity index (χ1v) is 9.61. The van der Waals surface area contributed by atoms with Crippen LogP contribution in [0, 0.1) is 5.92 Å². The first kappa shape index (κ1) is 20.4. The number of fused-ring (bicyclic) bond motifs is 2. The zero-order valence-electron chi connectivity index (χ0n) is 15.9. The summed E-state index contributed by atoms with van der Waals surface area (Å²) in [6.07, 6.45) is 2.54. The topological polar surface area (TPSA) is 60.0 Å². The molecule has 2 fully saturated rings. The molecule has 2 saturated heterocycles. The molecule has 6 nitrogen and oxygen atoms in total. The largest absolute Gasteiger partial charge is 0.496 e. The summed E-state index contributed by atoms with van der Waals surface area (Å²) < 4.78 is 17.5. The molecule has 3 heterocycles. The summed E-state index contributed by atoms with van der Waals surface area (Å²) in [5, 5.41) is 3.29. The van der Waals surface area contributed by atoms with Crippen LogP contribution in [0.5, 0.6) is 5.75 Å². The van der Waals surface area contributed by atoms with Crippen molar-refractivity contribution in [1.82, 2.24) is 10.2 Å². The predicted molar refractivity (Wildman–Crippen MR) is 105 cm³/mol. The van der Waals surface area contributed by atoms with Gasteiger partial charge in [0.15, 0.2) is 0 Å². The van der Waals surface area contributed by atoms with Gasteiger partial charge in [0.1, 0.15) is 11.4 Å². The second kappa shape index (κ2) is 8.78. The number of likely N-dealkylation sites (tertiary alicyclic amines) is 1. The number of carbonyl (C=O) groups excluding carboxylic acids is 1. The standard InChI is InChI=1S/C20H28N2O4.ClH/c1-24-17-4-2-3-15-5-11-26-20(18(15)17)6-9-22(10-7-20)19(23)16-13-21-8-12-25-14-16;/h2-4,16,21H,5-14H2,1H3;1H. The Morgan fingerprint density at radius 3 is 2.89 bits per heavy atom. The average Bonchev–Trinajstić information content (AvgIpc) is 2.97. The highest BCUT2D eigenvalue weighted by Crippen LogP contribution is 2.45. The Balaban J connectivity index is 0.00000210. The normalized spacial score (nSPS) is 24.5. The van der Waals surface area contributed by atoms with E-state index in [9.17, 15) is 4.79 Å². The minimum atomic E-state index is -0.324. The van der Waals surface area contributed by atoms with Crippen molar-refractivity contribution in [3.8, 4) is 5.75 Å². The Morgan fingerprint density at radius 2 is 2.11 bits per heavy atom. The summed E-state index contributed by atoms with van der Waals surface area (Å²) in [7, 11) is 1.72. The van der Waals surface area contributed by atoms with E-state index in [1.165, 1.54) is 11.1 Å². The number of halogens is 1. The van der Waals surface area contributed by atoms with Crippen molar-refractivity contribution in [1.29, 1.82) is 0 Å². The number of nitrogens with one attached hydrogen (secondary N) is 1. The highest BCUT2D eigenvalue weighted by atomic mass is 35.5. The van der Waals surface area contributed by atoms with Crippen LogP contribution in [0.25, 0.3) is 0 Å². The second-order valence-corrected chi connectivity index (χ2v) is 7.39. The van der Waals surface area contributed by atoms with Crippen molar-refractivity contribution in [2.24, 2.45) is 5.92 Å². The van der Waals surface area contributed by atoms with Crippen LogP contribution in [0.15, 0.2) is 18.2 Å². The van der Waals surface area contributed by atoms with Crippen LogP contribution in [0.3, 0.4) is 0 Å². The van der Waals surface area contributed by atoms with E-state index in [1.54, 1.807) is 7.11 Å². The molecule has 0 bridgehead atoms. The molecule has 1 spiro atoms. The fourth-order valence-corrected chi connectivity index (χ4v) is 4.51. The van der Waals surface area contributed by atoms with Crippen molar-refractivity contribution in [2.75, 3.05) is 53.1 Å². The number of amides is 1. The Hall–Kier alpha value is -1.34. The lowest BCUT2D eigenvalue weighted by Gasteiger charge is -2.46. The van der Waals surface area contributed by atoms with Gasteiger partial charge in [-0.2, -0.15) is 0 Å². The van der Waals surface area contributed by atoms with Crippen molar-refractivity contribution in [2.45, 2.75) is 24.9 Å². The van der Waals surface area contributed by atoms with Crippen LogP contribution in [0.2, 0.25) is 0 Å². The number of carbonyl (C=O) groups is 1. The quantitative estimate of drug-likeness (QED) is 0.825. The third-order valence-corrected chi connectivity index (χ3v) is 5.90. The minimum absolute atomic E-state index is 0. The van der Waals surface area contributed by atoms with E-state index in [1.807, 2.05) is 11.0 Å². The molecule has 3 aliphatic rings. The third kappa shape index (κ3) is 3.94. The molecule has 1 N–H and O–H groups in total. The summed E-state index contributed by atoms with van der Waals surface area (Å²) in [4.78, 5) is 14.9. The lowest BCUT2D eigenvalue weighted by atomic mass is 9.78. The van der Waals surface area contributed by atoms with Gasteiger partial charge in [0.05, 0.1) is 32.8 Å². The molecule has 150 valence electrons. The van der Waals surface area contributed by atoms with E-state index in [0.717, 1.165) is 38.2 Å². The summed E-state index contributed by atoms with van der Waals surface area (Å²) in [5.41, 5.74) is 2.19. The van der Waals surface area contributed by atoms with E-state index >= 15 is 0 Å². The highest BCUT2D eigenvalue weighted by molar-refractivity contribution is 5.85. The van der Waals surface area contributed by atoms with E-state index in [2.05, 4.69) is 17.4 Å². The van der Waals surface area contributed by atoms with Gasteiger partial charge in [-0.3, -0.25) is 4.79 Å². The van der Waals surface area contributed by atoms with Crippen molar-refractivity contribution >= 4 is 18.3 Å². The lowest BCUT2D eigenvalue weighted by Crippen LogP contribution is -2.51. The fraction of sp³-hybridized carbons (Fsp3) is 0.650. The summed E-state index contributed by atoms with van der Waals surface area (Å²) in [5.74, 6) is 1.02. The number of nitrogens with zero attached hydrogens (tertiary/aromatic N) is 1. The predicted octanol–water partition coefficient (Wildman–Crippen LogP) is 1.74. The number of hydrogen-bond donors (Lipinski definition) is 1. The molecule has 3 aliphatic heterocycles. The maximum absolute atomic E-state index is 12.9.